The number of hydrogen-bond acceptors (Lipinski definition) is 6. The molecule has 1 N–H and O–H groups in total. The number of benzene rings is 2. The van der Waals surface area contributed by atoms with E-state index in [4.69, 9.17) is 4.74 Å². The van der Waals surface area contributed by atoms with Gasteiger partial charge in [0.1, 0.15) is 16.5 Å². The minimum absolute atomic E-state index is 0.00169. The lowest BCUT2D eigenvalue weighted by Gasteiger charge is -2.06. The van der Waals surface area contributed by atoms with E-state index in [1.807, 2.05) is 24.3 Å². The molecule has 0 aliphatic carbocycles. The van der Waals surface area contributed by atoms with Gasteiger partial charge in [0.2, 0.25) is 0 Å². The van der Waals surface area contributed by atoms with Crippen molar-refractivity contribution in [1.82, 2.24) is 4.98 Å². The molecule has 0 bridgehead atoms. The first kappa shape index (κ1) is 19.1. The molecule has 0 atom stereocenters. The van der Waals surface area contributed by atoms with Crippen molar-refractivity contribution < 1.29 is 17.9 Å². The van der Waals surface area contributed by atoms with E-state index in [0.29, 0.717) is 10.7 Å². The minimum atomic E-state index is -3.33. The number of thiazole rings is 1. The number of nitrogens with zero attached hydrogens (tertiary/aromatic N) is 1. The largest absolute Gasteiger partial charge is 0.497 e. The van der Waals surface area contributed by atoms with Gasteiger partial charge in [-0.25, -0.2) is 13.4 Å². The molecule has 3 aromatic rings. The average Bonchev–Trinajstić information content (AvgIpc) is 3.18. The molecule has 6 nitrogen and oxygen atoms in total. The molecule has 0 unspecified atom stereocenters. The van der Waals surface area contributed by atoms with Crippen molar-refractivity contribution in [3.8, 4) is 16.3 Å². The Balaban J connectivity index is 1.77. The molecular formula is C19H18N2O4S2. The third kappa shape index (κ3) is 4.35. The number of rotatable bonds is 6. The Bertz CT molecular complexity index is 1060. The molecule has 0 radical (unpaired) electrons. The fourth-order valence-electron chi connectivity index (χ4n) is 2.37. The molecule has 0 fully saturated rings. The van der Waals surface area contributed by atoms with Crippen molar-refractivity contribution in [2.75, 3.05) is 18.2 Å². The Morgan fingerprint density at radius 3 is 2.59 bits per heavy atom. The fraction of sp³-hybridized carbons (Fsp3) is 0.158. The summed E-state index contributed by atoms with van der Waals surface area (Å²) in [5, 5.41) is 5.08. The van der Waals surface area contributed by atoms with Gasteiger partial charge >= 0.3 is 0 Å². The predicted octanol–water partition coefficient (Wildman–Crippen LogP) is 3.86. The van der Waals surface area contributed by atoms with Gasteiger partial charge in [-0.3, -0.25) is 4.79 Å². The Morgan fingerprint density at radius 2 is 1.93 bits per heavy atom. The first-order valence-electron chi connectivity index (χ1n) is 8.17. The molecule has 3 rings (SSSR count). The maximum absolute atomic E-state index is 12.5. The van der Waals surface area contributed by atoms with Crippen LogP contribution in [0.1, 0.15) is 17.4 Å². The number of sulfone groups is 1. The zero-order valence-electron chi connectivity index (χ0n) is 14.8. The topological polar surface area (TPSA) is 85.4 Å². The highest BCUT2D eigenvalue weighted by Crippen LogP contribution is 2.26. The minimum Gasteiger partial charge on any atom is -0.497 e. The van der Waals surface area contributed by atoms with Gasteiger partial charge in [0, 0.05) is 16.6 Å². The summed E-state index contributed by atoms with van der Waals surface area (Å²) in [6, 6.07) is 13.6. The SMILES string of the molecule is CCS(=O)(=O)c1cccc(NC(=O)c2csc(-c3ccc(OC)cc3)n2)c1. The van der Waals surface area contributed by atoms with Crippen LogP contribution < -0.4 is 10.1 Å². The number of nitrogens with one attached hydrogen (secondary N) is 1. The molecule has 0 saturated carbocycles. The van der Waals surface area contributed by atoms with Crippen LogP contribution >= 0.6 is 11.3 Å². The van der Waals surface area contributed by atoms with Crippen LogP contribution in [0.5, 0.6) is 5.75 Å². The summed E-state index contributed by atoms with van der Waals surface area (Å²) in [6.45, 7) is 1.58. The summed E-state index contributed by atoms with van der Waals surface area (Å²) in [5.74, 6) is 0.356. The maximum Gasteiger partial charge on any atom is 0.275 e. The fourth-order valence-corrected chi connectivity index (χ4v) is 4.11. The normalized spacial score (nSPS) is 11.2. The van der Waals surface area contributed by atoms with Crippen molar-refractivity contribution in [2.45, 2.75) is 11.8 Å². The first-order valence-corrected chi connectivity index (χ1v) is 10.7. The van der Waals surface area contributed by atoms with E-state index >= 15 is 0 Å². The zero-order chi connectivity index (χ0) is 19.4. The van der Waals surface area contributed by atoms with Crippen LogP contribution in [-0.2, 0) is 9.84 Å². The van der Waals surface area contributed by atoms with Crippen LogP contribution in [0.25, 0.3) is 10.6 Å². The van der Waals surface area contributed by atoms with Crippen LogP contribution in [-0.4, -0.2) is 32.2 Å². The van der Waals surface area contributed by atoms with E-state index in [1.165, 1.54) is 23.5 Å². The van der Waals surface area contributed by atoms with Gasteiger partial charge in [0.05, 0.1) is 17.8 Å². The molecule has 0 saturated heterocycles. The van der Waals surface area contributed by atoms with Crippen LogP contribution in [0.2, 0.25) is 0 Å². The average molecular weight is 402 g/mol. The summed E-state index contributed by atoms with van der Waals surface area (Å²) in [7, 11) is -1.74. The molecule has 0 spiro atoms. The van der Waals surface area contributed by atoms with Gasteiger partial charge in [-0.1, -0.05) is 13.0 Å². The van der Waals surface area contributed by atoms with Crippen LogP contribution in [0, 0.1) is 0 Å². The van der Waals surface area contributed by atoms with Crippen molar-refractivity contribution >= 4 is 32.8 Å². The van der Waals surface area contributed by atoms with E-state index in [9.17, 15) is 13.2 Å². The quantitative estimate of drug-likeness (QED) is 0.677. The summed E-state index contributed by atoms with van der Waals surface area (Å²) in [5.41, 5.74) is 1.57. The predicted molar refractivity (Wildman–Crippen MR) is 106 cm³/mol. The summed E-state index contributed by atoms with van der Waals surface area (Å²) in [4.78, 5) is 17.0. The maximum atomic E-state index is 12.5. The van der Waals surface area contributed by atoms with Crippen molar-refractivity contribution in [2.24, 2.45) is 0 Å². The number of aromatic nitrogens is 1. The van der Waals surface area contributed by atoms with Gasteiger partial charge in [0.15, 0.2) is 9.84 Å². The van der Waals surface area contributed by atoms with Gasteiger partial charge in [-0.05, 0) is 42.5 Å². The highest BCUT2D eigenvalue weighted by Gasteiger charge is 2.15. The molecule has 1 amide bonds. The standard InChI is InChI=1S/C19H18N2O4S2/c1-3-27(23,24)16-6-4-5-14(11-16)20-18(22)17-12-26-19(21-17)13-7-9-15(25-2)10-8-13/h4-12H,3H2,1-2H3,(H,20,22). The van der Waals surface area contributed by atoms with Gasteiger partial charge in [-0.15, -0.1) is 11.3 Å². The van der Waals surface area contributed by atoms with Crippen molar-refractivity contribution in [3.63, 3.8) is 0 Å². The molecule has 2 aromatic carbocycles. The number of amides is 1. The molecular weight excluding hydrogens is 384 g/mol. The molecule has 0 aliphatic rings. The smallest absolute Gasteiger partial charge is 0.275 e. The lowest BCUT2D eigenvalue weighted by molar-refractivity contribution is 0.102. The number of anilines is 1. The lowest BCUT2D eigenvalue weighted by Crippen LogP contribution is -2.13. The van der Waals surface area contributed by atoms with Gasteiger partial charge in [-0.2, -0.15) is 0 Å². The Morgan fingerprint density at radius 1 is 1.19 bits per heavy atom. The molecule has 0 aliphatic heterocycles. The molecule has 1 aromatic heterocycles. The van der Waals surface area contributed by atoms with Crippen LogP contribution in [0.3, 0.4) is 0 Å². The third-order valence-corrected chi connectivity index (χ3v) is 6.53. The second-order valence-electron chi connectivity index (χ2n) is 5.65. The highest BCUT2D eigenvalue weighted by molar-refractivity contribution is 7.91. The van der Waals surface area contributed by atoms with E-state index in [0.717, 1.165) is 11.3 Å². The van der Waals surface area contributed by atoms with Gasteiger partial charge in [0.25, 0.3) is 5.91 Å². The number of hydrogen-bond donors (Lipinski definition) is 1. The lowest BCUT2D eigenvalue weighted by atomic mass is 10.2. The third-order valence-electron chi connectivity index (χ3n) is 3.90. The number of methoxy groups -OCH3 is 1. The van der Waals surface area contributed by atoms with E-state index in [2.05, 4.69) is 10.3 Å². The van der Waals surface area contributed by atoms with E-state index in [-0.39, 0.29) is 16.3 Å². The van der Waals surface area contributed by atoms with Crippen molar-refractivity contribution in [1.29, 1.82) is 0 Å². The molecule has 8 heteroatoms. The zero-order valence-corrected chi connectivity index (χ0v) is 16.4. The van der Waals surface area contributed by atoms with E-state index in [1.54, 1.807) is 31.5 Å². The van der Waals surface area contributed by atoms with Crippen molar-refractivity contribution in [3.05, 3.63) is 59.6 Å². The molecule has 27 heavy (non-hydrogen) atoms. The monoisotopic (exact) mass is 402 g/mol. The summed E-state index contributed by atoms with van der Waals surface area (Å²) >= 11 is 1.36. The van der Waals surface area contributed by atoms with E-state index < -0.39 is 15.7 Å². The second kappa shape index (κ2) is 7.89. The summed E-state index contributed by atoms with van der Waals surface area (Å²) < 4.78 is 29.1. The Hall–Kier alpha value is -2.71. The summed E-state index contributed by atoms with van der Waals surface area (Å²) in [6.07, 6.45) is 0. The number of ether oxygens (including phenoxy) is 1. The van der Waals surface area contributed by atoms with Crippen LogP contribution in [0.4, 0.5) is 5.69 Å². The van der Waals surface area contributed by atoms with Crippen LogP contribution in [0.15, 0.2) is 58.8 Å². The highest BCUT2D eigenvalue weighted by atomic mass is 32.2. The van der Waals surface area contributed by atoms with Gasteiger partial charge < -0.3 is 10.1 Å². The molecule has 140 valence electrons. The number of carbonyl (C=O) groups excluding carboxylic acids is 1. The molecule has 1 heterocycles. The Kier molecular flexibility index (Phi) is 5.57. The second-order valence-corrected chi connectivity index (χ2v) is 8.79. The number of carbonyl (C=O) groups is 1. The Labute approximate surface area is 161 Å². The first-order chi connectivity index (χ1) is 12.9.